The van der Waals surface area contributed by atoms with Crippen molar-refractivity contribution in [2.75, 3.05) is 20.3 Å². The van der Waals surface area contributed by atoms with Crippen LogP contribution < -0.4 is 20.3 Å². The number of hydrogen-bond acceptors (Lipinski definition) is 6. The number of carbonyl (C=O) groups is 1. The lowest BCUT2D eigenvalue weighted by atomic mass is 10.2. The molecule has 1 N–H and O–H groups in total. The summed E-state index contributed by atoms with van der Waals surface area (Å²) in [4.78, 5) is 32.7. The molecule has 2 aromatic heterocycles. The van der Waals surface area contributed by atoms with Gasteiger partial charge < -0.3 is 14.8 Å². The zero-order chi connectivity index (χ0) is 20.5. The van der Waals surface area contributed by atoms with Crippen molar-refractivity contribution in [2.45, 2.75) is 12.8 Å². The molecule has 0 fully saturated rings. The molecule has 150 valence electrons. The average Bonchev–Trinajstić information content (AvgIpc) is 2.76. The third-order valence-corrected chi connectivity index (χ3v) is 4.15. The van der Waals surface area contributed by atoms with Crippen LogP contribution in [-0.4, -0.2) is 40.7 Å². The van der Waals surface area contributed by atoms with E-state index in [0.717, 1.165) is 18.6 Å². The standard InChI is InChI=1S/C21H22N4O4/c1-28-16-6-7-19-18(13-16)21(27)25(15-24-19)11-8-20(26)23-10-2-3-12-29-17-5-4-9-22-14-17/h4-9,11,13-15H,2-3,10,12H2,1H3,(H,23,26)/b11-8+. The number of ether oxygens (including phenoxy) is 2. The van der Waals surface area contributed by atoms with E-state index in [9.17, 15) is 9.59 Å². The highest BCUT2D eigenvalue weighted by Crippen LogP contribution is 2.15. The molecule has 0 bridgehead atoms. The molecule has 29 heavy (non-hydrogen) atoms. The highest BCUT2D eigenvalue weighted by Gasteiger charge is 2.04. The molecule has 0 radical (unpaired) electrons. The van der Waals surface area contributed by atoms with Crippen LogP contribution in [0.1, 0.15) is 12.8 Å². The van der Waals surface area contributed by atoms with Gasteiger partial charge >= 0.3 is 0 Å². The van der Waals surface area contributed by atoms with Crippen molar-refractivity contribution >= 4 is 23.0 Å². The predicted molar refractivity (Wildman–Crippen MR) is 110 cm³/mol. The van der Waals surface area contributed by atoms with E-state index >= 15 is 0 Å². The first-order valence-corrected chi connectivity index (χ1v) is 9.21. The molecule has 3 aromatic rings. The number of nitrogens with one attached hydrogen (secondary N) is 1. The molecule has 8 nitrogen and oxygen atoms in total. The molecule has 0 saturated carbocycles. The van der Waals surface area contributed by atoms with Crippen molar-refractivity contribution < 1.29 is 14.3 Å². The van der Waals surface area contributed by atoms with Crippen LogP contribution in [0, 0.1) is 0 Å². The van der Waals surface area contributed by atoms with Gasteiger partial charge in [0, 0.05) is 25.0 Å². The largest absolute Gasteiger partial charge is 0.497 e. The summed E-state index contributed by atoms with van der Waals surface area (Å²) in [6.45, 7) is 1.07. The first-order valence-electron chi connectivity index (χ1n) is 9.21. The van der Waals surface area contributed by atoms with Crippen LogP contribution in [0.25, 0.3) is 17.1 Å². The number of methoxy groups -OCH3 is 1. The Hall–Kier alpha value is -3.68. The van der Waals surface area contributed by atoms with E-state index in [0.29, 0.717) is 29.8 Å². The predicted octanol–water partition coefficient (Wildman–Crippen LogP) is 2.25. The summed E-state index contributed by atoms with van der Waals surface area (Å²) in [6, 6.07) is 8.75. The Balaban J connectivity index is 1.46. The highest BCUT2D eigenvalue weighted by molar-refractivity contribution is 5.90. The van der Waals surface area contributed by atoms with E-state index in [1.54, 1.807) is 30.6 Å². The van der Waals surface area contributed by atoms with Gasteiger partial charge in [-0.2, -0.15) is 0 Å². The number of carbonyl (C=O) groups excluding carboxylic acids is 1. The quantitative estimate of drug-likeness (QED) is 0.442. The second-order valence-electron chi connectivity index (χ2n) is 6.19. The highest BCUT2D eigenvalue weighted by atomic mass is 16.5. The Morgan fingerprint density at radius 1 is 1.24 bits per heavy atom. The minimum Gasteiger partial charge on any atom is -0.497 e. The lowest BCUT2D eigenvalue weighted by Gasteiger charge is -2.06. The molecule has 8 heteroatoms. The van der Waals surface area contributed by atoms with E-state index in [1.807, 2.05) is 12.1 Å². The number of unbranched alkanes of at least 4 members (excludes halogenated alkanes) is 1. The summed E-state index contributed by atoms with van der Waals surface area (Å²) in [5.74, 6) is 1.02. The van der Waals surface area contributed by atoms with Crippen molar-refractivity contribution in [3.63, 3.8) is 0 Å². The number of nitrogens with zero attached hydrogens (tertiary/aromatic N) is 3. The van der Waals surface area contributed by atoms with Crippen LogP contribution in [0.5, 0.6) is 11.5 Å². The number of hydrogen-bond donors (Lipinski definition) is 1. The van der Waals surface area contributed by atoms with E-state index in [2.05, 4.69) is 15.3 Å². The molecule has 0 atom stereocenters. The van der Waals surface area contributed by atoms with Crippen molar-refractivity contribution in [1.29, 1.82) is 0 Å². The molecular weight excluding hydrogens is 372 g/mol. The number of benzene rings is 1. The Kier molecular flexibility index (Phi) is 6.94. The van der Waals surface area contributed by atoms with Crippen LogP contribution in [0.15, 0.2) is 59.9 Å². The van der Waals surface area contributed by atoms with Gasteiger partial charge in [0.05, 0.1) is 30.8 Å². The molecule has 0 spiro atoms. The fourth-order valence-corrected chi connectivity index (χ4v) is 2.62. The SMILES string of the molecule is COc1ccc2ncn(/C=C/C(=O)NCCCCOc3cccnc3)c(=O)c2c1. The topological polar surface area (TPSA) is 95.3 Å². The number of rotatable bonds is 9. The molecule has 0 aliphatic heterocycles. The summed E-state index contributed by atoms with van der Waals surface area (Å²) in [5.41, 5.74) is 0.295. The van der Waals surface area contributed by atoms with Gasteiger partial charge in [-0.1, -0.05) is 0 Å². The molecule has 1 aromatic carbocycles. The van der Waals surface area contributed by atoms with Crippen molar-refractivity contribution in [1.82, 2.24) is 19.9 Å². The van der Waals surface area contributed by atoms with E-state index in [1.165, 1.54) is 30.3 Å². The minimum absolute atomic E-state index is 0.273. The van der Waals surface area contributed by atoms with Crippen LogP contribution in [0.2, 0.25) is 0 Å². The van der Waals surface area contributed by atoms with Crippen LogP contribution in [0.4, 0.5) is 0 Å². The first kappa shape index (κ1) is 20.1. The van der Waals surface area contributed by atoms with Gasteiger partial charge in [0.15, 0.2) is 0 Å². The van der Waals surface area contributed by atoms with Gasteiger partial charge in [0.25, 0.3) is 5.56 Å². The second kappa shape index (κ2) is 10.0. The van der Waals surface area contributed by atoms with Crippen LogP contribution >= 0.6 is 0 Å². The molecule has 2 heterocycles. The van der Waals surface area contributed by atoms with Gasteiger partial charge in [0.1, 0.15) is 17.8 Å². The Bertz CT molecular complexity index is 1050. The number of amides is 1. The smallest absolute Gasteiger partial charge is 0.265 e. The zero-order valence-electron chi connectivity index (χ0n) is 16.1. The van der Waals surface area contributed by atoms with Gasteiger partial charge in [-0.15, -0.1) is 0 Å². The molecule has 0 unspecified atom stereocenters. The molecule has 0 aliphatic carbocycles. The molecule has 3 rings (SSSR count). The lowest BCUT2D eigenvalue weighted by Crippen LogP contribution is -2.23. The normalized spacial score (nSPS) is 10.9. The molecule has 0 aliphatic rings. The summed E-state index contributed by atoms with van der Waals surface area (Å²) < 4.78 is 11.9. The summed E-state index contributed by atoms with van der Waals surface area (Å²) in [5, 5.41) is 3.20. The molecule has 1 amide bonds. The lowest BCUT2D eigenvalue weighted by molar-refractivity contribution is -0.116. The van der Waals surface area contributed by atoms with Crippen LogP contribution in [-0.2, 0) is 4.79 Å². The van der Waals surface area contributed by atoms with Gasteiger partial charge in [-0.3, -0.25) is 19.1 Å². The van der Waals surface area contributed by atoms with E-state index < -0.39 is 0 Å². The Labute approximate surface area is 167 Å². The second-order valence-corrected chi connectivity index (χ2v) is 6.19. The summed E-state index contributed by atoms with van der Waals surface area (Å²) in [7, 11) is 1.53. The number of fused-ring (bicyclic) bond motifs is 1. The van der Waals surface area contributed by atoms with E-state index in [4.69, 9.17) is 9.47 Å². The van der Waals surface area contributed by atoms with Crippen molar-refractivity contribution in [3.05, 3.63) is 65.5 Å². The first-order chi connectivity index (χ1) is 14.2. The Morgan fingerprint density at radius 3 is 2.93 bits per heavy atom. The average molecular weight is 394 g/mol. The monoisotopic (exact) mass is 394 g/mol. The van der Waals surface area contributed by atoms with E-state index in [-0.39, 0.29) is 11.5 Å². The zero-order valence-corrected chi connectivity index (χ0v) is 16.1. The fourth-order valence-electron chi connectivity index (χ4n) is 2.62. The van der Waals surface area contributed by atoms with Crippen molar-refractivity contribution in [3.8, 4) is 11.5 Å². The third-order valence-electron chi connectivity index (χ3n) is 4.15. The molecular formula is C21H22N4O4. The maximum Gasteiger partial charge on any atom is 0.265 e. The maximum atomic E-state index is 12.5. The summed E-state index contributed by atoms with van der Waals surface area (Å²) in [6.07, 6.45) is 9.01. The number of aromatic nitrogens is 3. The van der Waals surface area contributed by atoms with Crippen LogP contribution in [0.3, 0.4) is 0 Å². The fraction of sp³-hybridized carbons (Fsp3) is 0.238. The third kappa shape index (κ3) is 5.65. The minimum atomic E-state index is -0.282. The van der Waals surface area contributed by atoms with Gasteiger partial charge in [0.2, 0.25) is 5.91 Å². The Morgan fingerprint density at radius 2 is 2.14 bits per heavy atom. The maximum absolute atomic E-state index is 12.5. The summed E-state index contributed by atoms with van der Waals surface area (Å²) >= 11 is 0. The van der Waals surface area contributed by atoms with Crippen molar-refractivity contribution in [2.24, 2.45) is 0 Å². The van der Waals surface area contributed by atoms with Gasteiger partial charge in [-0.05, 0) is 43.2 Å². The van der Waals surface area contributed by atoms with Gasteiger partial charge in [-0.25, -0.2) is 4.98 Å². The number of pyridine rings is 1. The molecule has 0 saturated heterocycles.